The van der Waals surface area contributed by atoms with E-state index in [1.54, 1.807) is 5.57 Å². The molecule has 0 aromatic carbocycles. The summed E-state index contributed by atoms with van der Waals surface area (Å²) in [6, 6.07) is 0. The molecule has 4 rings (SSSR count). The molecule has 4 aliphatic rings. The van der Waals surface area contributed by atoms with E-state index in [0.717, 1.165) is 25.2 Å². The van der Waals surface area contributed by atoms with Crippen molar-refractivity contribution in [3.63, 3.8) is 0 Å². The van der Waals surface area contributed by atoms with Gasteiger partial charge in [-0.3, -0.25) is 4.79 Å². The summed E-state index contributed by atoms with van der Waals surface area (Å²) in [7, 11) is 0. The van der Waals surface area contributed by atoms with Crippen molar-refractivity contribution in [2.75, 3.05) is 0 Å². The first kappa shape index (κ1) is 15.3. The molecule has 122 valence electrons. The zero-order valence-electron chi connectivity index (χ0n) is 14.7. The predicted octanol–water partition coefficient (Wildman–Crippen LogP) is 5.08. The molecule has 0 spiro atoms. The van der Waals surface area contributed by atoms with Crippen LogP contribution >= 0.6 is 0 Å². The van der Waals surface area contributed by atoms with E-state index < -0.39 is 0 Å². The lowest BCUT2D eigenvalue weighted by Gasteiger charge is -2.54. The summed E-state index contributed by atoms with van der Waals surface area (Å²) < 4.78 is 0. The third-order valence-corrected chi connectivity index (χ3v) is 8.26. The molecule has 5 atom stereocenters. The van der Waals surface area contributed by atoms with E-state index in [9.17, 15) is 4.79 Å². The van der Waals surface area contributed by atoms with Crippen molar-refractivity contribution in [2.24, 2.45) is 28.1 Å². The smallest absolute Gasteiger partial charge is 0.155 e. The van der Waals surface area contributed by atoms with E-state index in [4.69, 9.17) is 6.42 Å². The minimum atomic E-state index is 0.0409. The molecule has 0 heterocycles. The summed E-state index contributed by atoms with van der Waals surface area (Å²) in [5.41, 5.74) is 3.48. The van der Waals surface area contributed by atoms with Gasteiger partial charge in [0, 0.05) is 17.3 Å². The summed E-state index contributed by atoms with van der Waals surface area (Å²) in [5, 5.41) is 0. The molecule has 0 aliphatic heterocycles. The van der Waals surface area contributed by atoms with Crippen LogP contribution in [0.5, 0.6) is 0 Å². The second-order valence-corrected chi connectivity index (χ2v) is 9.02. The van der Waals surface area contributed by atoms with Crippen LogP contribution < -0.4 is 0 Å². The molecule has 2 fully saturated rings. The first-order valence-electron chi connectivity index (χ1n) is 9.26. The van der Waals surface area contributed by atoms with Gasteiger partial charge in [0.1, 0.15) is 0 Å². The van der Waals surface area contributed by atoms with Gasteiger partial charge in [-0.15, -0.1) is 6.42 Å². The molecule has 0 radical (unpaired) electrons. The molecule has 1 heteroatoms. The topological polar surface area (TPSA) is 17.1 Å². The minimum Gasteiger partial charge on any atom is -0.295 e. The van der Waals surface area contributed by atoms with Gasteiger partial charge in [-0.1, -0.05) is 37.0 Å². The van der Waals surface area contributed by atoms with E-state index in [0.29, 0.717) is 18.1 Å². The first-order chi connectivity index (χ1) is 10.8. The fourth-order valence-corrected chi connectivity index (χ4v) is 6.35. The Labute approximate surface area is 140 Å². The van der Waals surface area contributed by atoms with Crippen molar-refractivity contribution in [3.05, 3.63) is 23.3 Å². The molecule has 0 saturated heterocycles. The van der Waals surface area contributed by atoms with Crippen molar-refractivity contribution in [1.82, 2.24) is 0 Å². The maximum Gasteiger partial charge on any atom is 0.155 e. The lowest BCUT2D eigenvalue weighted by molar-refractivity contribution is -0.115. The number of terminal acetylenes is 1. The maximum absolute atomic E-state index is 11.9. The highest BCUT2D eigenvalue weighted by Gasteiger charge is 2.59. The van der Waals surface area contributed by atoms with Gasteiger partial charge < -0.3 is 0 Å². The van der Waals surface area contributed by atoms with Gasteiger partial charge in [-0.2, -0.15) is 0 Å². The number of fused-ring (bicyclic) bond motifs is 5. The van der Waals surface area contributed by atoms with Gasteiger partial charge in [0.2, 0.25) is 0 Å². The largest absolute Gasteiger partial charge is 0.295 e. The monoisotopic (exact) mass is 308 g/mol. The molecule has 0 aromatic rings. The molecule has 0 bridgehead atoms. The van der Waals surface area contributed by atoms with Crippen molar-refractivity contribution >= 4 is 5.78 Å². The van der Waals surface area contributed by atoms with Crippen LogP contribution in [-0.4, -0.2) is 5.78 Å². The van der Waals surface area contributed by atoms with E-state index in [2.05, 4.69) is 32.8 Å². The zero-order valence-corrected chi connectivity index (χ0v) is 14.7. The van der Waals surface area contributed by atoms with Crippen LogP contribution in [0.4, 0.5) is 0 Å². The molecule has 0 amide bonds. The summed E-state index contributed by atoms with van der Waals surface area (Å²) in [4.78, 5) is 11.9. The molecule has 4 aliphatic carbocycles. The quantitative estimate of drug-likeness (QED) is 0.450. The highest BCUT2D eigenvalue weighted by atomic mass is 16.1. The number of rotatable bonds is 0. The molecule has 0 N–H and O–H groups in total. The molecular formula is C22H28O. The van der Waals surface area contributed by atoms with Gasteiger partial charge in [-0.25, -0.2) is 0 Å². The van der Waals surface area contributed by atoms with Crippen molar-refractivity contribution in [1.29, 1.82) is 0 Å². The van der Waals surface area contributed by atoms with E-state index in [1.807, 2.05) is 6.08 Å². The number of ketones is 1. The van der Waals surface area contributed by atoms with Gasteiger partial charge in [0.25, 0.3) is 0 Å². The molecule has 2 saturated carbocycles. The van der Waals surface area contributed by atoms with Crippen molar-refractivity contribution < 1.29 is 4.79 Å². The minimum absolute atomic E-state index is 0.0409. The standard InChI is InChI=1S/C22H28O/c1-5-20(2)11-9-19-17-7-6-15-14-16(23)8-12-21(15,3)18(17)10-13-22(19,20)4/h1,10,14,17,19H,6-9,11-13H2,2-4H3/t17?,19-,20?,21-,22-/m0/s1. The Morgan fingerprint density at radius 3 is 2.70 bits per heavy atom. The molecule has 23 heavy (non-hydrogen) atoms. The average molecular weight is 308 g/mol. The third kappa shape index (κ3) is 1.79. The van der Waals surface area contributed by atoms with Crippen molar-refractivity contribution in [2.45, 2.75) is 65.7 Å². The number of hydrogen-bond acceptors (Lipinski definition) is 1. The predicted molar refractivity (Wildman–Crippen MR) is 93.6 cm³/mol. The Morgan fingerprint density at radius 1 is 1.17 bits per heavy atom. The van der Waals surface area contributed by atoms with Crippen LogP contribution in [0.25, 0.3) is 0 Å². The van der Waals surface area contributed by atoms with E-state index in [-0.39, 0.29) is 16.2 Å². The van der Waals surface area contributed by atoms with Crippen LogP contribution in [0.2, 0.25) is 0 Å². The highest BCUT2D eigenvalue weighted by molar-refractivity contribution is 5.92. The van der Waals surface area contributed by atoms with Gasteiger partial charge in [-0.05, 0) is 68.8 Å². The molecular weight excluding hydrogens is 280 g/mol. The van der Waals surface area contributed by atoms with Gasteiger partial charge in [0.05, 0.1) is 0 Å². The Balaban J connectivity index is 1.78. The Hall–Kier alpha value is -1.29. The van der Waals surface area contributed by atoms with Crippen LogP contribution in [-0.2, 0) is 4.79 Å². The first-order valence-corrected chi connectivity index (χ1v) is 9.26. The lowest BCUT2D eigenvalue weighted by Crippen LogP contribution is -2.46. The van der Waals surface area contributed by atoms with E-state index in [1.165, 1.54) is 24.8 Å². The Kier molecular flexibility index (Phi) is 3.07. The van der Waals surface area contributed by atoms with Crippen LogP contribution in [0, 0.1) is 40.4 Å². The zero-order chi connectivity index (χ0) is 16.5. The van der Waals surface area contributed by atoms with E-state index >= 15 is 0 Å². The Morgan fingerprint density at radius 2 is 1.96 bits per heavy atom. The van der Waals surface area contributed by atoms with Gasteiger partial charge >= 0.3 is 0 Å². The number of carbonyl (C=O) groups is 1. The molecule has 2 unspecified atom stereocenters. The number of carbonyl (C=O) groups excluding carboxylic acids is 1. The summed E-state index contributed by atoms with van der Waals surface area (Å²) >= 11 is 0. The molecule has 0 aromatic heterocycles. The summed E-state index contributed by atoms with van der Waals surface area (Å²) in [5.74, 6) is 4.89. The summed E-state index contributed by atoms with van der Waals surface area (Å²) in [6.07, 6.45) is 18.0. The SMILES string of the molecule is C#CC1(C)CC[C@H]2C3CCC4=CC(=O)CC[C@]4(C)C3=CC[C@@]21C. The second-order valence-electron chi connectivity index (χ2n) is 9.02. The lowest BCUT2D eigenvalue weighted by atomic mass is 9.49. The Bertz CT molecular complexity index is 675. The fourth-order valence-electron chi connectivity index (χ4n) is 6.35. The van der Waals surface area contributed by atoms with Crippen LogP contribution in [0.1, 0.15) is 65.7 Å². The fraction of sp³-hybridized carbons (Fsp3) is 0.682. The van der Waals surface area contributed by atoms with Crippen molar-refractivity contribution in [3.8, 4) is 12.3 Å². The maximum atomic E-state index is 11.9. The molecule has 1 nitrogen and oxygen atoms in total. The number of hydrogen-bond donors (Lipinski definition) is 0. The third-order valence-electron chi connectivity index (χ3n) is 8.26. The normalized spacial score (nSPS) is 48.5. The highest BCUT2D eigenvalue weighted by Crippen LogP contribution is 2.67. The number of allylic oxidation sites excluding steroid dienone is 4. The second kappa shape index (κ2) is 4.62. The van der Waals surface area contributed by atoms with Gasteiger partial charge in [0.15, 0.2) is 5.78 Å². The van der Waals surface area contributed by atoms with Crippen LogP contribution in [0.3, 0.4) is 0 Å². The summed E-state index contributed by atoms with van der Waals surface area (Å²) in [6.45, 7) is 7.14. The average Bonchev–Trinajstić information content (AvgIpc) is 2.80. The van der Waals surface area contributed by atoms with Crippen LogP contribution in [0.15, 0.2) is 23.3 Å².